The number of aromatic nitrogens is 4. The zero-order valence-corrected chi connectivity index (χ0v) is 17.1. The molecule has 3 heterocycles. The molecule has 1 atom stereocenters. The van der Waals surface area contributed by atoms with Crippen LogP contribution in [0.3, 0.4) is 0 Å². The highest BCUT2D eigenvalue weighted by molar-refractivity contribution is 6.02. The molecule has 1 aliphatic heterocycles. The van der Waals surface area contributed by atoms with E-state index in [1.807, 2.05) is 0 Å². The van der Waals surface area contributed by atoms with Gasteiger partial charge < -0.3 is 20.4 Å². The van der Waals surface area contributed by atoms with Crippen LogP contribution in [0.4, 0.5) is 10.1 Å². The molecule has 10 nitrogen and oxygen atoms in total. The lowest BCUT2D eigenvalue weighted by Crippen LogP contribution is -2.41. The third-order valence-corrected chi connectivity index (χ3v) is 5.11. The number of nitrogens with one attached hydrogen (secondary N) is 1. The Morgan fingerprint density at radius 2 is 2.10 bits per heavy atom. The highest BCUT2D eigenvalue weighted by Crippen LogP contribution is 2.34. The number of methoxy groups -OCH3 is 1. The number of amides is 1. The van der Waals surface area contributed by atoms with Crippen LogP contribution in [0.25, 0.3) is 0 Å². The molecule has 1 aliphatic rings. The zero-order chi connectivity index (χ0) is 22.3. The number of rotatable bonds is 4. The number of carbonyl (C=O) groups is 1. The van der Waals surface area contributed by atoms with Crippen molar-refractivity contribution in [1.29, 1.82) is 0 Å². The normalized spacial score (nSPS) is 17.6. The van der Waals surface area contributed by atoms with Crippen LogP contribution in [0, 0.1) is 5.82 Å². The number of aliphatic imine (C=N–C) groups is 1. The van der Waals surface area contributed by atoms with Crippen molar-refractivity contribution in [2.75, 3.05) is 12.4 Å². The molecular formula is C20H20FN7O3. The fraction of sp³-hybridized carbons (Fsp3) is 0.250. The van der Waals surface area contributed by atoms with Crippen molar-refractivity contribution in [3.8, 4) is 5.88 Å². The minimum absolute atomic E-state index is 0.0679. The second-order valence-electron chi connectivity index (χ2n) is 7.36. The number of amidine groups is 1. The molecule has 0 unspecified atom stereocenters. The molecule has 1 aromatic carbocycles. The molecule has 3 aromatic rings. The summed E-state index contributed by atoms with van der Waals surface area (Å²) in [7, 11) is 3.05. The number of aryl methyl sites for hydroxylation is 1. The number of benzene rings is 1. The minimum atomic E-state index is -1.15. The molecule has 2 aromatic heterocycles. The highest BCUT2D eigenvalue weighted by Gasteiger charge is 2.36. The number of nitrogens with zero attached hydrogens (tertiary/aromatic N) is 5. The van der Waals surface area contributed by atoms with E-state index in [2.05, 4.69) is 20.3 Å². The Kier molecular flexibility index (Phi) is 4.80. The van der Waals surface area contributed by atoms with E-state index in [0.29, 0.717) is 11.4 Å². The van der Waals surface area contributed by atoms with E-state index in [1.165, 1.54) is 46.8 Å². The largest absolute Gasteiger partial charge is 0.480 e. The number of anilines is 1. The van der Waals surface area contributed by atoms with Crippen LogP contribution in [-0.2, 0) is 19.1 Å². The third-order valence-electron chi connectivity index (χ3n) is 5.11. The second kappa shape index (κ2) is 7.35. The van der Waals surface area contributed by atoms with Crippen LogP contribution < -0.4 is 21.5 Å². The molecule has 0 spiro atoms. The van der Waals surface area contributed by atoms with E-state index in [-0.39, 0.29) is 35.2 Å². The Morgan fingerprint density at radius 3 is 2.77 bits per heavy atom. The maximum atomic E-state index is 14.8. The smallest absolute Gasteiger partial charge is 0.328 e. The summed E-state index contributed by atoms with van der Waals surface area (Å²) in [6, 6.07) is 4.12. The second-order valence-corrected chi connectivity index (χ2v) is 7.36. The molecule has 31 heavy (non-hydrogen) atoms. The summed E-state index contributed by atoms with van der Waals surface area (Å²) >= 11 is 0. The first-order valence-electron chi connectivity index (χ1n) is 9.31. The molecule has 0 fully saturated rings. The van der Waals surface area contributed by atoms with E-state index in [9.17, 15) is 14.0 Å². The Labute approximate surface area is 176 Å². The monoisotopic (exact) mass is 425 g/mol. The van der Waals surface area contributed by atoms with Crippen LogP contribution in [0.2, 0.25) is 0 Å². The van der Waals surface area contributed by atoms with Crippen molar-refractivity contribution >= 4 is 17.4 Å². The van der Waals surface area contributed by atoms with E-state index in [4.69, 9.17) is 10.5 Å². The fourth-order valence-electron chi connectivity index (χ4n) is 3.52. The van der Waals surface area contributed by atoms with Gasteiger partial charge in [0.2, 0.25) is 5.88 Å². The molecule has 0 radical (unpaired) electrons. The van der Waals surface area contributed by atoms with Crippen LogP contribution in [-0.4, -0.2) is 38.0 Å². The molecule has 3 N–H and O–H groups in total. The number of carbonyl (C=O) groups excluding carboxylic acids is 1. The van der Waals surface area contributed by atoms with Gasteiger partial charge in [-0.15, -0.1) is 0 Å². The first-order chi connectivity index (χ1) is 14.7. The molecule has 160 valence electrons. The highest BCUT2D eigenvalue weighted by atomic mass is 19.1. The fourth-order valence-corrected chi connectivity index (χ4v) is 3.52. The average Bonchev–Trinajstić information content (AvgIpc) is 3.03. The predicted octanol–water partition coefficient (Wildman–Crippen LogP) is 1.01. The summed E-state index contributed by atoms with van der Waals surface area (Å²) in [6.45, 7) is 1.78. The van der Waals surface area contributed by atoms with Crippen LogP contribution >= 0.6 is 0 Å². The van der Waals surface area contributed by atoms with Gasteiger partial charge in [0.05, 0.1) is 26.0 Å². The number of halogens is 1. The molecule has 0 saturated heterocycles. The maximum Gasteiger partial charge on any atom is 0.328 e. The number of nitrogens with two attached hydrogens (primary N) is 1. The summed E-state index contributed by atoms with van der Waals surface area (Å²) in [5.41, 5.74) is 5.72. The van der Waals surface area contributed by atoms with E-state index >= 15 is 0 Å². The molecule has 0 saturated carbocycles. The van der Waals surface area contributed by atoms with Gasteiger partial charge in [0, 0.05) is 24.5 Å². The van der Waals surface area contributed by atoms with Crippen molar-refractivity contribution < 1.29 is 13.9 Å². The first-order valence-corrected chi connectivity index (χ1v) is 9.31. The summed E-state index contributed by atoms with van der Waals surface area (Å²) in [4.78, 5) is 37.3. The maximum absolute atomic E-state index is 14.8. The van der Waals surface area contributed by atoms with Gasteiger partial charge in [0.15, 0.2) is 0 Å². The number of fused-ring (bicyclic) bond motifs is 1. The van der Waals surface area contributed by atoms with Gasteiger partial charge in [-0.3, -0.25) is 14.4 Å². The van der Waals surface area contributed by atoms with Crippen molar-refractivity contribution in [2.45, 2.75) is 19.0 Å². The Bertz CT molecular complexity index is 1260. The number of imidazole rings is 1. The van der Waals surface area contributed by atoms with Gasteiger partial charge in [0.1, 0.15) is 28.6 Å². The lowest BCUT2D eigenvalue weighted by molar-refractivity contribution is 0.102. The quantitative estimate of drug-likeness (QED) is 0.642. The topological polar surface area (TPSA) is 129 Å². The summed E-state index contributed by atoms with van der Waals surface area (Å²) in [6.07, 6.45) is 4.18. The zero-order valence-electron chi connectivity index (χ0n) is 17.1. The summed E-state index contributed by atoms with van der Waals surface area (Å²) in [5, 5.41) is 2.66. The van der Waals surface area contributed by atoms with Gasteiger partial charge >= 0.3 is 5.69 Å². The molecule has 0 aliphatic carbocycles. The average molecular weight is 425 g/mol. The summed E-state index contributed by atoms with van der Waals surface area (Å²) < 4.78 is 22.6. The Hall–Kier alpha value is -4.02. The minimum Gasteiger partial charge on any atom is -0.480 e. The predicted molar refractivity (Wildman–Crippen MR) is 111 cm³/mol. The van der Waals surface area contributed by atoms with Gasteiger partial charge in [-0.05, 0) is 25.1 Å². The van der Waals surface area contributed by atoms with Crippen molar-refractivity contribution in [1.82, 2.24) is 19.1 Å². The first kappa shape index (κ1) is 20.3. The number of hydrogen-bond donors (Lipinski definition) is 2. The van der Waals surface area contributed by atoms with Crippen molar-refractivity contribution in [2.24, 2.45) is 17.8 Å². The van der Waals surface area contributed by atoms with Crippen LogP contribution in [0.15, 0.2) is 46.6 Å². The Morgan fingerprint density at radius 1 is 1.32 bits per heavy atom. The van der Waals surface area contributed by atoms with Gasteiger partial charge in [-0.2, -0.15) is 0 Å². The molecule has 1 amide bonds. The lowest BCUT2D eigenvalue weighted by atomic mass is 9.90. The SMILES string of the molecule is COc1cnc(C(=O)Nc2ccc(F)c([C@]3(C)Cn4c(cn(C)c4=O)C(N)=N3)c2)cn1. The van der Waals surface area contributed by atoms with Crippen LogP contribution in [0.5, 0.6) is 5.88 Å². The number of ether oxygens (including phenoxy) is 1. The lowest BCUT2D eigenvalue weighted by Gasteiger charge is -2.31. The van der Waals surface area contributed by atoms with E-state index in [0.717, 1.165) is 0 Å². The molecular weight excluding hydrogens is 405 g/mol. The van der Waals surface area contributed by atoms with Gasteiger partial charge in [-0.25, -0.2) is 19.2 Å². The van der Waals surface area contributed by atoms with Gasteiger partial charge in [0.25, 0.3) is 5.91 Å². The summed E-state index contributed by atoms with van der Waals surface area (Å²) in [5.74, 6) is -0.648. The molecule has 11 heteroatoms. The van der Waals surface area contributed by atoms with Gasteiger partial charge in [-0.1, -0.05) is 0 Å². The molecule has 0 bridgehead atoms. The third kappa shape index (κ3) is 3.54. The number of hydrogen-bond acceptors (Lipinski definition) is 7. The standard InChI is InChI=1S/C20H20FN7O3/c1-20(10-28-15(17(22)26-20)9-27(2)19(28)30)12-6-11(4-5-13(12)21)25-18(29)14-7-24-16(31-3)8-23-14/h4-9H,10H2,1-3H3,(H2,22,26)(H,25,29)/t20-/m0/s1. The van der Waals surface area contributed by atoms with Crippen molar-refractivity contribution in [3.63, 3.8) is 0 Å². The molecule has 4 rings (SSSR count). The van der Waals surface area contributed by atoms with E-state index in [1.54, 1.807) is 20.2 Å². The van der Waals surface area contributed by atoms with Crippen molar-refractivity contribution in [3.05, 3.63) is 70.0 Å². The van der Waals surface area contributed by atoms with E-state index < -0.39 is 17.3 Å². The Balaban J connectivity index is 1.66. The van der Waals surface area contributed by atoms with Crippen LogP contribution in [0.1, 0.15) is 28.7 Å².